The summed E-state index contributed by atoms with van der Waals surface area (Å²) in [5.41, 5.74) is 4.43. The second-order valence-corrected chi connectivity index (χ2v) is 7.07. The molecule has 0 aromatic carbocycles. The van der Waals surface area contributed by atoms with Crippen LogP contribution in [0.15, 0.2) is 27.8 Å². The first-order valence-corrected chi connectivity index (χ1v) is 9.88. The second-order valence-electron chi connectivity index (χ2n) is 6.27. The predicted molar refractivity (Wildman–Crippen MR) is 105 cm³/mol. The molecule has 27 heavy (non-hydrogen) atoms. The molecule has 3 rings (SSSR count). The number of hydrogen-bond acceptors (Lipinski definition) is 6. The molecule has 0 saturated heterocycles. The Hall–Kier alpha value is -2.61. The van der Waals surface area contributed by atoms with Crippen molar-refractivity contribution in [2.75, 3.05) is 12.8 Å². The van der Waals surface area contributed by atoms with Gasteiger partial charge >= 0.3 is 0 Å². The van der Waals surface area contributed by atoms with Gasteiger partial charge in [-0.05, 0) is 51.1 Å². The summed E-state index contributed by atoms with van der Waals surface area (Å²) in [5.74, 6) is 0.907. The van der Waals surface area contributed by atoms with Crippen LogP contribution in [0.2, 0.25) is 0 Å². The Bertz CT molecular complexity index is 963. The molecule has 0 radical (unpaired) electrons. The Labute approximate surface area is 162 Å². The summed E-state index contributed by atoms with van der Waals surface area (Å²) in [4.78, 5) is 21.7. The quantitative estimate of drug-likeness (QED) is 0.518. The molecule has 0 bridgehead atoms. The molecule has 3 aromatic rings. The van der Waals surface area contributed by atoms with E-state index in [1.165, 1.54) is 17.3 Å². The van der Waals surface area contributed by atoms with Crippen LogP contribution in [0.4, 0.5) is 0 Å². The fourth-order valence-corrected chi connectivity index (χ4v) is 3.66. The number of nitrogens with one attached hydrogen (secondary N) is 1. The fraction of sp³-hybridized carbons (Fsp3) is 0.368. The van der Waals surface area contributed by atoms with Gasteiger partial charge in [0.25, 0.3) is 5.91 Å². The molecule has 7 nitrogen and oxygen atoms in total. The molecule has 3 aromatic heterocycles. The lowest BCUT2D eigenvalue weighted by Gasteiger charge is -2.12. The van der Waals surface area contributed by atoms with Crippen molar-refractivity contribution in [1.82, 2.24) is 25.1 Å². The zero-order valence-corrected chi connectivity index (χ0v) is 17.0. The normalized spacial score (nSPS) is 11.0. The molecule has 0 spiro atoms. The van der Waals surface area contributed by atoms with E-state index in [1.807, 2.05) is 38.8 Å². The van der Waals surface area contributed by atoms with Gasteiger partial charge in [0.1, 0.15) is 5.03 Å². The van der Waals surface area contributed by atoms with E-state index in [0.29, 0.717) is 34.4 Å². The summed E-state index contributed by atoms with van der Waals surface area (Å²) < 4.78 is 7.23. The summed E-state index contributed by atoms with van der Waals surface area (Å²) >= 11 is 1.42. The topological polar surface area (TPSA) is 85.8 Å². The van der Waals surface area contributed by atoms with Crippen LogP contribution in [0.5, 0.6) is 0 Å². The van der Waals surface area contributed by atoms with Crippen molar-refractivity contribution in [3.8, 4) is 11.6 Å². The smallest absolute Gasteiger partial charge is 0.255 e. The maximum Gasteiger partial charge on any atom is 0.255 e. The number of carbonyl (C=O) groups excluding carboxylic acids is 1. The summed E-state index contributed by atoms with van der Waals surface area (Å²) in [5, 5.41) is 8.04. The third-order valence-electron chi connectivity index (χ3n) is 4.54. The molecule has 8 heteroatoms. The van der Waals surface area contributed by atoms with Crippen molar-refractivity contribution in [2.45, 2.75) is 32.2 Å². The van der Waals surface area contributed by atoms with Gasteiger partial charge in [-0.2, -0.15) is 5.10 Å². The second kappa shape index (κ2) is 7.96. The van der Waals surface area contributed by atoms with Crippen LogP contribution in [-0.2, 0) is 13.5 Å². The van der Waals surface area contributed by atoms with Gasteiger partial charge in [0, 0.05) is 19.3 Å². The number of amides is 1. The van der Waals surface area contributed by atoms with E-state index >= 15 is 0 Å². The van der Waals surface area contributed by atoms with E-state index in [0.717, 1.165) is 17.8 Å². The van der Waals surface area contributed by atoms with Crippen LogP contribution < -0.4 is 5.32 Å². The first-order chi connectivity index (χ1) is 12.9. The van der Waals surface area contributed by atoms with Gasteiger partial charge in [-0.15, -0.1) is 11.8 Å². The molecule has 0 fully saturated rings. The molecular formula is C19H23N5O2S. The average molecular weight is 385 g/mol. The number of nitrogens with zero attached hydrogens (tertiary/aromatic N) is 4. The summed E-state index contributed by atoms with van der Waals surface area (Å²) in [7, 11) is 1.93. The molecule has 0 aliphatic rings. The highest BCUT2D eigenvalue weighted by Crippen LogP contribution is 2.25. The SMILES string of the molecule is CSc1nc(-c2ccco2)nc(C)c1C(=O)NCCc1c(C)nn(C)c1C. The fourth-order valence-electron chi connectivity index (χ4n) is 3.04. The molecule has 0 saturated carbocycles. The van der Waals surface area contributed by atoms with E-state index in [1.54, 1.807) is 18.4 Å². The average Bonchev–Trinajstić information content (AvgIpc) is 3.25. The van der Waals surface area contributed by atoms with Crippen molar-refractivity contribution < 1.29 is 9.21 Å². The van der Waals surface area contributed by atoms with Crippen LogP contribution in [0.1, 0.15) is 33.0 Å². The molecule has 0 unspecified atom stereocenters. The number of carbonyl (C=O) groups is 1. The highest BCUT2D eigenvalue weighted by atomic mass is 32.2. The van der Waals surface area contributed by atoms with Crippen LogP contribution in [0.25, 0.3) is 11.6 Å². The van der Waals surface area contributed by atoms with Crippen LogP contribution in [-0.4, -0.2) is 38.5 Å². The van der Waals surface area contributed by atoms with Gasteiger partial charge in [-0.3, -0.25) is 9.48 Å². The van der Waals surface area contributed by atoms with E-state index in [9.17, 15) is 4.79 Å². The molecule has 142 valence electrons. The predicted octanol–water partition coefficient (Wildman–Crippen LogP) is 3.09. The summed E-state index contributed by atoms with van der Waals surface area (Å²) in [6.45, 7) is 6.37. The zero-order valence-electron chi connectivity index (χ0n) is 16.2. The molecular weight excluding hydrogens is 362 g/mol. The highest BCUT2D eigenvalue weighted by molar-refractivity contribution is 7.98. The zero-order chi connectivity index (χ0) is 19.6. The van der Waals surface area contributed by atoms with Crippen molar-refractivity contribution >= 4 is 17.7 Å². The lowest BCUT2D eigenvalue weighted by molar-refractivity contribution is 0.0949. The minimum Gasteiger partial charge on any atom is -0.461 e. The van der Waals surface area contributed by atoms with E-state index < -0.39 is 0 Å². The van der Waals surface area contributed by atoms with Crippen LogP contribution in [0.3, 0.4) is 0 Å². The third kappa shape index (κ3) is 3.90. The van der Waals surface area contributed by atoms with E-state index in [-0.39, 0.29) is 5.91 Å². The maximum atomic E-state index is 12.8. The minimum absolute atomic E-state index is 0.165. The molecule has 3 heterocycles. The number of furan rings is 1. The van der Waals surface area contributed by atoms with Gasteiger partial charge < -0.3 is 9.73 Å². The van der Waals surface area contributed by atoms with Crippen LogP contribution >= 0.6 is 11.8 Å². The lowest BCUT2D eigenvalue weighted by Crippen LogP contribution is -2.28. The number of aryl methyl sites for hydroxylation is 3. The molecule has 1 N–H and O–H groups in total. The van der Waals surface area contributed by atoms with E-state index in [4.69, 9.17) is 4.42 Å². The van der Waals surface area contributed by atoms with Gasteiger partial charge in [0.15, 0.2) is 11.6 Å². The molecule has 0 aliphatic heterocycles. The highest BCUT2D eigenvalue weighted by Gasteiger charge is 2.20. The van der Waals surface area contributed by atoms with Crippen molar-refractivity contribution in [1.29, 1.82) is 0 Å². The third-order valence-corrected chi connectivity index (χ3v) is 5.22. The Morgan fingerprint density at radius 2 is 2.04 bits per heavy atom. The first kappa shape index (κ1) is 19.2. The monoisotopic (exact) mass is 385 g/mol. The standard InChI is InChI=1S/C19H23N5O2S/c1-11-14(13(3)24(4)23-11)8-9-20-18(25)16-12(2)21-17(22-19(16)27-5)15-7-6-10-26-15/h6-7,10H,8-9H2,1-5H3,(H,20,25). The maximum absolute atomic E-state index is 12.8. The van der Waals surface area contributed by atoms with Gasteiger partial charge in [-0.1, -0.05) is 0 Å². The van der Waals surface area contributed by atoms with E-state index in [2.05, 4.69) is 20.4 Å². The summed E-state index contributed by atoms with van der Waals surface area (Å²) in [6.07, 6.45) is 4.21. The summed E-state index contributed by atoms with van der Waals surface area (Å²) in [6, 6.07) is 3.59. The Morgan fingerprint density at radius 3 is 2.63 bits per heavy atom. The van der Waals surface area contributed by atoms with Gasteiger partial charge in [0.2, 0.25) is 0 Å². The molecule has 0 aliphatic carbocycles. The lowest BCUT2D eigenvalue weighted by atomic mass is 10.1. The molecule has 0 atom stereocenters. The van der Waals surface area contributed by atoms with Gasteiger partial charge in [-0.25, -0.2) is 9.97 Å². The van der Waals surface area contributed by atoms with Crippen molar-refractivity contribution in [3.05, 3.63) is 46.6 Å². The van der Waals surface area contributed by atoms with Crippen molar-refractivity contribution in [2.24, 2.45) is 7.05 Å². The number of rotatable bonds is 6. The number of hydrogen-bond donors (Lipinski definition) is 1. The van der Waals surface area contributed by atoms with Crippen LogP contribution in [0, 0.1) is 20.8 Å². The van der Waals surface area contributed by atoms with Gasteiger partial charge in [0.05, 0.1) is 23.2 Å². The largest absolute Gasteiger partial charge is 0.461 e. The Balaban J connectivity index is 1.76. The number of aromatic nitrogens is 4. The molecule has 1 amide bonds. The Morgan fingerprint density at radius 1 is 1.26 bits per heavy atom. The Kier molecular flexibility index (Phi) is 5.65. The number of thioether (sulfide) groups is 1. The first-order valence-electron chi connectivity index (χ1n) is 8.66. The van der Waals surface area contributed by atoms with Crippen molar-refractivity contribution in [3.63, 3.8) is 0 Å². The minimum atomic E-state index is -0.165.